The van der Waals surface area contributed by atoms with Gasteiger partial charge in [0.25, 0.3) is 0 Å². The quantitative estimate of drug-likeness (QED) is 0.0299. The van der Waals surface area contributed by atoms with Gasteiger partial charge in [-0.25, -0.2) is 4.98 Å². The number of aliphatic imine (C=N–C) groups is 1. The van der Waals surface area contributed by atoms with E-state index >= 15 is 0 Å². The van der Waals surface area contributed by atoms with Gasteiger partial charge >= 0.3 is 0 Å². The molecule has 13 heteroatoms. The molecule has 0 saturated heterocycles. The molecule has 59 heavy (non-hydrogen) atoms. The van der Waals surface area contributed by atoms with Crippen molar-refractivity contribution in [3.63, 3.8) is 0 Å². The molecule has 0 fully saturated rings. The summed E-state index contributed by atoms with van der Waals surface area (Å²) in [5.74, 6) is -3.94. The summed E-state index contributed by atoms with van der Waals surface area (Å²) in [6, 6.07) is 30.6. The Balaban J connectivity index is 1.33. The molecule has 13 nitrogen and oxygen atoms in total. The van der Waals surface area contributed by atoms with Crippen LogP contribution < -0.4 is 27.8 Å². The van der Waals surface area contributed by atoms with Gasteiger partial charge in [-0.15, -0.1) is 0 Å². The summed E-state index contributed by atoms with van der Waals surface area (Å²) in [5.41, 5.74) is 20.3. The maximum absolute atomic E-state index is 14.4. The number of nitrogens with two attached hydrogens (primary N) is 3. The van der Waals surface area contributed by atoms with E-state index in [2.05, 4.69) is 25.6 Å². The number of guanidine groups is 1. The molecular weight excluding hydrogens is 745 g/mol. The van der Waals surface area contributed by atoms with Gasteiger partial charge in [-0.2, -0.15) is 0 Å². The summed E-state index contributed by atoms with van der Waals surface area (Å²) in [7, 11) is 0. The molecule has 0 spiro atoms. The number of aryl methyl sites for hydroxylation is 1. The predicted octanol–water partition coefficient (Wildman–Crippen LogP) is 4.27. The topological polar surface area (TPSA) is 229 Å². The van der Waals surface area contributed by atoms with Gasteiger partial charge in [-0.3, -0.25) is 29.0 Å². The molecule has 0 unspecified atom stereocenters. The normalized spacial score (nSPS) is 13.1. The number of aromatic nitrogens is 2. The molecule has 1 heterocycles. The number of primary amides is 1. The van der Waals surface area contributed by atoms with Crippen molar-refractivity contribution in [1.29, 1.82) is 0 Å². The summed E-state index contributed by atoms with van der Waals surface area (Å²) in [5, 5.41) is 7.78. The molecule has 1 aromatic heterocycles. The number of Topliss-reactive ketones (excluding diaryl/α,β-unsaturated/α-hetero) is 2. The van der Waals surface area contributed by atoms with Crippen LogP contribution in [0.2, 0.25) is 0 Å². The third-order valence-electron chi connectivity index (χ3n) is 10.4. The van der Waals surface area contributed by atoms with E-state index in [-0.39, 0.29) is 62.6 Å². The molecule has 5 aromatic rings. The van der Waals surface area contributed by atoms with Crippen molar-refractivity contribution in [2.45, 2.75) is 76.3 Å². The van der Waals surface area contributed by atoms with Crippen LogP contribution in [0.5, 0.6) is 0 Å². The fourth-order valence-corrected chi connectivity index (χ4v) is 7.19. The molecule has 3 amide bonds. The SMILES string of the molecule is NC(=O)[C@H](Cc1ccc2ccccc2c1)NC(=O)[C@H](CCCN=C(N)N)CC(=O)[C@@H](Cc1ccccc1)NC(=O)[C@@H](CC(=O)CCCc1ccccc1)Cc1cnc[nH]1. The maximum Gasteiger partial charge on any atom is 0.240 e. The number of hydrogen-bond acceptors (Lipinski definition) is 7. The number of hydrogen-bond donors (Lipinski definition) is 6. The van der Waals surface area contributed by atoms with Crippen LogP contribution in [0.1, 0.15) is 60.9 Å². The van der Waals surface area contributed by atoms with Gasteiger partial charge < -0.3 is 32.8 Å². The standard InChI is InChI=1S/C46H54N8O5/c47-43(57)41(25-33-20-21-34-16-7-8-17-35(34)23-33)54-44(58)36(18-10-22-51-46(48)49)28-42(56)40(24-32-13-5-2-6-14-32)53-45(59)37(26-38-29-50-30-52-38)27-39(55)19-9-15-31-11-3-1-4-12-31/h1-8,11-14,16-17,20-21,23,29-30,36-37,40-41H,9-10,15,18-19,22,24-28H2,(H2,47,57)(H,50,52)(H,53,59)(H,54,58)(H4,48,49,51)/t36-,37-,40-,41+/m1/s1. The molecular formula is C46H54N8O5. The van der Waals surface area contributed by atoms with Crippen molar-refractivity contribution in [3.05, 3.63) is 138 Å². The van der Waals surface area contributed by atoms with Gasteiger partial charge in [0.15, 0.2) is 11.7 Å². The van der Waals surface area contributed by atoms with E-state index in [1.54, 1.807) is 6.20 Å². The van der Waals surface area contributed by atoms with Gasteiger partial charge in [-0.05, 0) is 59.6 Å². The van der Waals surface area contributed by atoms with E-state index in [9.17, 15) is 24.0 Å². The highest BCUT2D eigenvalue weighted by atomic mass is 16.2. The number of ketones is 2. The van der Waals surface area contributed by atoms with Crippen LogP contribution in [-0.4, -0.2) is 63.8 Å². The number of aromatic amines is 1. The maximum atomic E-state index is 14.4. The molecule has 9 N–H and O–H groups in total. The van der Waals surface area contributed by atoms with E-state index in [1.807, 2.05) is 103 Å². The van der Waals surface area contributed by atoms with Crippen molar-refractivity contribution in [2.75, 3.05) is 6.54 Å². The number of fused-ring (bicyclic) bond motifs is 1. The smallest absolute Gasteiger partial charge is 0.240 e. The largest absolute Gasteiger partial charge is 0.370 e. The van der Waals surface area contributed by atoms with E-state index in [0.29, 0.717) is 25.0 Å². The Morgan fingerprint density at radius 3 is 1.98 bits per heavy atom. The molecule has 4 aromatic carbocycles. The Kier molecular flexibility index (Phi) is 16.5. The Labute approximate surface area is 344 Å². The minimum Gasteiger partial charge on any atom is -0.370 e. The van der Waals surface area contributed by atoms with Crippen molar-refractivity contribution in [2.24, 2.45) is 34.0 Å². The highest BCUT2D eigenvalue weighted by molar-refractivity contribution is 5.95. The molecule has 0 bridgehead atoms. The molecule has 0 radical (unpaired) electrons. The van der Waals surface area contributed by atoms with Crippen molar-refractivity contribution < 1.29 is 24.0 Å². The van der Waals surface area contributed by atoms with Gasteiger partial charge in [0.1, 0.15) is 11.8 Å². The molecule has 0 aliphatic heterocycles. The number of H-pyrrole nitrogens is 1. The second kappa shape index (κ2) is 22.3. The summed E-state index contributed by atoms with van der Waals surface area (Å²) < 4.78 is 0. The highest BCUT2D eigenvalue weighted by Gasteiger charge is 2.32. The lowest BCUT2D eigenvalue weighted by Gasteiger charge is -2.25. The Morgan fingerprint density at radius 2 is 1.31 bits per heavy atom. The molecule has 0 saturated carbocycles. The second-order valence-electron chi connectivity index (χ2n) is 15.0. The molecule has 5 rings (SSSR count). The Hall–Kier alpha value is -6.63. The number of carbonyl (C=O) groups excluding carboxylic acids is 5. The zero-order valence-corrected chi connectivity index (χ0v) is 33.2. The van der Waals surface area contributed by atoms with Crippen molar-refractivity contribution >= 4 is 46.0 Å². The van der Waals surface area contributed by atoms with Crippen LogP contribution in [-0.2, 0) is 49.7 Å². The number of amides is 3. The second-order valence-corrected chi connectivity index (χ2v) is 15.0. The van der Waals surface area contributed by atoms with Gasteiger partial charge in [0.05, 0.1) is 18.3 Å². The highest BCUT2D eigenvalue weighted by Crippen LogP contribution is 2.21. The zero-order valence-electron chi connectivity index (χ0n) is 33.2. The lowest BCUT2D eigenvalue weighted by molar-refractivity contribution is -0.134. The Bertz CT molecular complexity index is 2170. The molecule has 0 aliphatic rings. The zero-order chi connectivity index (χ0) is 42.0. The molecule has 308 valence electrons. The fraction of sp³-hybridized carbons (Fsp3) is 0.326. The predicted molar refractivity (Wildman–Crippen MR) is 229 cm³/mol. The summed E-state index contributed by atoms with van der Waals surface area (Å²) >= 11 is 0. The molecule has 0 aliphatic carbocycles. The van der Waals surface area contributed by atoms with Crippen LogP contribution in [0.4, 0.5) is 0 Å². The van der Waals surface area contributed by atoms with Crippen molar-refractivity contribution in [3.8, 4) is 0 Å². The third kappa shape index (κ3) is 14.4. The summed E-state index contributed by atoms with van der Waals surface area (Å²) in [6.45, 7) is 0.218. The van der Waals surface area contributed by atoms with Crippen LogP contribution in [0.3, 0.4) is 0 Å². The first-order valence-corrected chi connectivity index (χ1v) is 20.1. The van der Waals surface area contributed by atoms with E-state index < -0.39 is 41.6 Å². The number of rotatable bonds is 24. The van der Waals surface area contributed by atoms with Gasteiger partial charge in [0, 0.05) is 56.5 Å². The van der Waals surface area contributed by atoms with Gasteiger partial charge in [-0.1, -0.05) is 103 Å². The minimum absolute atomic E-state index is 0.0204. The van der Waals surface area contributed by atoms with Crippen molar-refractivity contribution in [1.82, 2.24) is 20.6 Å². The monoisotopic (exact) mass is 798 g/mol. The third-order valence-corrected chi connectivity index (χ3v) is 10.4. The number of benzene rings is 4. The van der Waals surface area contributed by atoms with Crippen LogP contribution >= 0.6 is 0 Å². The molecule has 4 atom stereocenters. The lowest BCUT2D eigenvalue weighted by atomic mass is 9.89. The first kappa shape index (κ1) is 43.5. The Morgan fingerprint density at radius 1 is 0.661 bits per heavy atom. The number of nitrogens with zero attached hydrogens (tertiary/aromatic N) is 2. The first-order chi connectivity index (χ1) is 28.5. The van der Waals surface area contributed by atoms with Crippen LogP contribution in [0.15, 0.2) is 121 Å². The van der Waals surface area contributed by atoms with Crippen LogP contribution in [0, 0.1) is 11.8 Å². The van der Waals surface area contributed by atoms with E-state index in [1.165, 1.54) is 6.33 Å². The van der Waals surface area contributed by atoms with Gasteiger partial charge in [0.2, 0.25) is 17.7 Å². The number of nitrogens with one attached hydrogen (secondary N) is 3. The first-order valence-electron chi connectivity index (χ1n) is 20.1. The van der Waals surface area contributed by atoms with E-state index in [4.69, 9.17) is 17.2 Å². The number of carbonyl (C=O) groups is 5. The summed E-state index contributed by atoms with van der Waals surface area (Å²) in [4.78, 5) is 79.7. The lowest BCUT2D eigenvalue weighted by Crippen LogP contribution is -2.49. The fourth-order valence-electron chi connectivity index (χ4n) is 7.19. The average Bonchev–Trinajstić information content (AvgIpc) is 3.75. The van der Waals surface area contributed by atoms with E-state index in [0.717, 1.165) is 33.9 Å². The minimum atomic E-state index is -1.05. The number of imidazole rings is 1. The summed E-state index contributed by atoms with van der Waals surface area (Å²) in [6.07, 6.45) is 5.62. The average molecular weight is 799 g/mol. The van der Waals surface area contributed by atoms with Crippen LogP contribution in [0.25, 0.3) is 10.8 Å².